The first-order valence-corrected chi connectivity index (χ1v) is 12.1. The summed E-state index contributed by atoms with van der Waals surface area (Å²) >= 11 is 5.89. The van der Waals surface area contributed by atoms with Crippen LogP contribution in [0.25, 0.3) is 0 Å². The van der Waals surface area contributed by atoms with Gasteiger partial charge in [-0.1, -0.05) is 23.7 Å². The monoisotopic (exact) mass is 477 g/mol. The maximum atomic E-state index is 13.0. The smallest absolute Gasteiger partial charge is 0.243 e. The minimum Gasteiger partial charge on any atom is -0.379 e. The number of halogens is 1. The zero-order valence-electron chi connectivity index (χ0n) is 17.6. The van der Waals surface area contributed by atoms with Gasteiger partial charge in [-0.25, -0.2) is 8.42 Å². The minimum atomic E-state index is -3.67. The van der Waals surface area contributed by atoms with Gasteiger partial charge in [0, 0.05) is 43.7 Å². The minimum absolute atomic E-state index is 0.156. The topological polar surface area (TPSA) is 96.0 Å². The number of ether oxygens (including phenoxy) is 1. The Labute approximate surface area is 192 Å². The number of benzene rings is 2. The molecule has 2 amide bonds. The van der Waals surface area contributed by atoms with Gasteiger partial charge in [0.15, 0.2) is 0 Å². The summed E-state index contributed by atoms with van der Waals surface area (Å²) in [7, 11) is -3.67. The molecule has 0 unspecified atom stereocenters. The van der Waals surface area contributed by atoms with Crippen LogP contribution in [0.3, 0.4) is 0 Å². The normalized spacial score (nSPS) is 18.9. The summed E-state index contributed by atoms with van der Waals surface area (Å²) in [5.41, 5.74) is 2.10. The predicted molar refractivity (Wildman–Crippen MR) is 120 cm³/mol. The summed E-state index contributed by atoms with van der Waals surface area (Å²) in [4.78, 5) is 26.9. The number of amides is 2. The third-order valence-electron chi connectivity index (χ3n) is 5.67. The molecule has 0 spiro atoms. The van der Waals surface area contributed by atoms with Crippen LogP contribution < -0.4 is 10.2 Å². The van der Waals surface area contributed by atoms with Crippen molar-refractivity contribution in [2.24, 2.45) is 0 Å². The molecule has 4 rings (SSSR count). The van der Waals surface area contributed by atoms with Crippen LogP contribution in [0.1, 0.15) is 18.1 Å². The van der Waals surface area contributed by atoms with E-state index in [0.717, 1.165) is 5.56 Å². The number of anilines is 1. The first-order chi connectivity index (χ1) is 15.3. The highest BCUT2D eigenvalue weighted by molar-refractivity contribution is 7.89. The number of carbonyl (C=O) groups excluding carboxylic acids is 2. The van der Waals surface area contributed by atoms with E-state index in [1.165, 1.54) is 22.2 Å². The lowest BCUT2D eigenvalue weighted by Crippen LogP contribution is -2.47. The molecule has 8 nitrogen and oxygen atoms in total. The van der Waals surface area contributed by atoms with Crippen LogP contribution in [-0.4, -0.2) is 56.9 Å². The van der Waals surface area contributed by atoms with E-state index in [1.807, 2.05) is 12.1 Å². The lowest BCUT2D eigenvalue weighted by molar-refractivity contribution is -0.125. The number of rotatable bonds is 5. The summed E-state index contributed by atoms with van der Waals surface area (Å²) < 4.78 is 32.6. The average Bonchev–Trinajstić information content (AvgIpc) is 3.18. The molecule has 2 heterocycles. The Bertz CT molecular complexity index is 1130. The second-order valence-electron chi connectivity index (χ2n) is 7.76. The highest BCUT2D eigenvalue weighted by Crippen LogP contribution is 2.35. The largest absolute Gasteiger partial charge is 0.379 e. The second kappa shape index (κ2) is 9.19. The SMILES string of the molecule is CC(=O)N1c2ccc(S(=O)(=O)N3CCOCC3)cc2C[C@H]1C(=O)NCc1ccc(Cl)cc1. The van der Waals surface area contributed by atoms with Gasteiger partial charge in [0.1, 0.15) is 6.04 Å². The molecule has 1 fully saturated rings. The molecule has 2 aromatic carbocycles. The van der Waals surface area contributed by atoms with E-state index in [1.54, 1.807) is 24.3 Å². The second-order valence-corrected chi connectivity index (χ2v) is 10.1. The van der Waals surface area contributed by atoms with Gasteiger partial charge < -0.3 is 10.1 Å². The summed E-state index contributed by atoms with van der Waals surface area (Å²) in [5, 5.41) is 3.47. The number of morpholine rings is 1. The van der Waals surface area contributed by atoms with Crippen LogP contribution >= 0.6 is 11.6 Å². The summed E-state index contributed by atoms with van der Waals surface area (Å²) in [5.74, 6) is -0.580. The van der Waals surface area contributed by atoms with Crippen molar-refractivity contribution < 1.29 is 22.7 Å². The van der Waals surface area contributed by atoms with Crippen molar-refractivity contribution in [2.45, 2.75) is 30.8 Å². The van der Waals surface area contributed by atoms with Gasteiger partial charge in [0.2, 0.25) is 21.8 Å². The number of carbonyl (C=O) groups is 2. The number of fused-ring (bicyclic) bond motifs is 1. The number of hydrogen-bond acceptors (Lipinski definition) is 5. The van der Waals surface area contributed by atoms with Gasteiger partial charge in [-0.3, -0.25) is 14.5 Å². The van der Waals surface area contributed by atoms with E-state index >= 15 is 0 Å². The van der Waals surface area contributed by atoms with Crippen molar-refractivity contribution in [1.29, 1.82) is 0 Å². The van der Waals surface area contributed by atoms with Crippen LogP contribution in [0.2, 0.25) is 5.02 Å². The average molecular weight is 478 g/mol. The van der Waals surface area contributed by atoms with Gasteiger partial charge in [-0.15, -0.1) is 0 Å². The van der Waals surface area contributed by atoms with E-state index in [0.29, 0.717) is 49.1 Å². The van der Waals surface area contributed by atoms with E-state index < -0.39 is 16.1 Å². The van der Waals surface area contributed by atoms with Gasteiger partial charge in [0.05, 0.1) is 18.1 Å². The van der Waals surface area contributed by atoms with Crippen molar-refractivity contribution in [3.05, 3.63) is 58.6 Å². The quantitative estimate of drug-likeness (QED) is 0.710. The summed E-state index contributed by atoms with van der Waals surface area (Å²) in [6.07, 6.45) is 0.244. The van der Waals surface area contributed by atoms with Crippen molar-refractivity contribution in [2.75, 3.05) is 31.2 Å². The van der Waals surface area contributed by atoms with Crippen LogP contribution in [0.5, 0.6) is 0 Å². The van der Waals surface area contributed by atoms with Gasteiger partial charge in [-0.2, -0.15) is 4.31 Å². The standard InChI is InChI=1S/C22H24ClN3O5S/c1-15(27)26-20-7-6-19(32(29,30)25-8-10-31-11-9-25)12-17(20)13-21(26)22(28)24-14-16-2-4-18(23)5-3-16/h2-7,12,21H,8-11,13-14H2,1H3,(H,24,28)/t21-/m0/s1. The molecule has 1 saturated heterocycles. The van der Waals surface area contributed by atoms with E-state index in [9.17, 15) is 18.0 Å². The first kappa shape index (κ1) is 22.7. The molecule has 10 heteroatoms. The summed E-state index contributed by atoms with van der Waals surface area (Å²) in [6.45, 7) is 3.01. The molecule has 2 aliphatic heterocycles. The Morgan fingerprint density at radius 2 is 1.81 bits per heavy atom. The molecule has 2 aliphatic rings. The Morgan fingerprint density at radius 3 is 2.47 bits per heavy atom. The maximum Gasteiger partial charge on any atom is 0.243 e. The fourth-order valence-corrected chi connectivity index (χ4v) is 5.62. The summed E-state index contributed by atoms with van der Waals surface area (Å²) in [6, 6.07) is 11.1. The van der Waals surface area contributed by atoms with Crippen molar-refractivity contribution in [3.63, 3.8) is 0 Å². The number of hydrogen-bond donors (Lipinski definition) is 1. The molecule has 0 radical (unpaired) electrons. The molecule has 0 aliphatic carbocycles. The van der Waals surface area contributed by atoms with Gasteiger partial charge in [-0.05, 0) is 41.5 Å². The first-order valence-electron chi connectivity index (χ1n) is 10.3. The fourth-order valence-electron chi connectivity index (χ4n) is 4.03. The van der Waals surface area contributed by atoms with Crippen LogP contribution in [-0.2, 0) is 37.3 Å². The van der Waals surface area contributed by atoms with Crippen LogP contribution in [0, 0.1) is 0 Å². The van der Waals surface area contributed by atoms with Gasteiger partial charge in [0.25, 0.3) is 0 Å². The van der Waals surface area contributed by atoms with E-state index in [-0.39, 0.29) is 23.1 Å². The van der Waals surface area contributed by atoms with Crippen LogP contribution in [0.15, 0.2) is 47.4 Å². The zero-order valence-corrected chi connectivity index (χ0v) is 19.2. The van der Waals surface area contributed by atoms with Crippen molar-refractivity contribution >= 4 is 39.1 Å². The predicted octanol–water partition coefficient (Wildman–Crippen LogP) is 1.95. The molecule has 0 bridgehead atoms. The van der Waals surface area contributed by atoms with Crippen LogP contribution in [0.4, 0.5) is 5.69 Å². The Kier molecular flexibility index (Phi) is 6.52. The molecular formula is C22H24ClN3O5S. The Balaban J connectivity index is 1.54. The maximum absolute atomic E-state index is 13.0. The molecule has 0 aromatic heterocycles. The fraction of sp³-hybridized carbons (Fsp3) is 0.364. The van der Waals surface area contributed by atoms with E-state index in [4.69, 9.17) is 16.3 Å². The van der Waals surface area contributed by atoms with Crippen molar-refractivity contribution in [3.8, 4) is 0 Å². The number of sulfonamides is 1. The molecule has 170 valence electrons. The number of nitrogens with one attached hydrogen (secondary N) is 1. The molecular weight excluding hydrogens is 454 g/mol. The van der Waals surface area contributed by atoms with Gasteiger partial charge >= 0.3 is 0 Å². The lowest BCUT2D eigenvalue weighted by atomic mass is 10.1. The number of nitrogens with zero attached hydrogens (tertiary/aromatic N) is 2. The Morgan fingerprint density at radius 1 is 1.12 bits per heavy atom. The third-order valence-corrected chi connectivity index (χ3v) is 7.81. The highest BCUT2D eigenvalue weighted by Gasteiger charge is 2.38. The zero-order chi connectivity index (χ0) is 22.9. The van der Waals surface area contributed by atoms with Crippen molar-refractivity contribution in [1.82, 2.24) is 9.62 Å². The molecule has 2 aromatic rings. The third kappa shape index (κ3) is 4.52. The Hall–Kier alpha value is -2.46. The lowest BCUT2D eigenvalue weighted by Gasteiger charge is -2.26. The highest BCUT2D eigenvalue weighted by atomic mass is 35.5. The molecule has 32 heavy (non-hydrogen) atoms. The molecule has 1 atom stereocenters. The molecule has 0 saturated carbocycles. The van der Waals surface area contributed by atoms with E-state index in [2.05, 4.69) is 5.32 Å². The molecule has 1 N–H and O–H groups in total.